The van der Waals surface area contributed by atoms with Gasteiger partial charge in [-0.1, -0.05) is 0 Å². The fraction of sp³-hybridized carbons (Fsp3) is 0.278. The third kappa shape index (κ3) is 3.81. The second-order valence-electron chi connectivity index (χ2n) is 5.84. The van der Waals surface area contributed by atoms with Crippen LogP contribution in [0.4, 0.5) is 5.69 Å². The molecule has 0 unspecified atom stereocenters. The number of hydrogen-bond donors (Lipinski definition) is 1. The van der Waals surface area contributed by atoms with Crippen molar-refractivity contribution >= 4 is 21.6 Å². The summed E-state index contributed by atoms with van der Waals surface area (Å²) in [5, 5.41) is 0. The van der Waals surface area contributed by atoms with Crippen molar-refractivity contribution in [3.8, 4) is 11.5 Å². The number of anilines is 1. The maximum absolute atomic E-state index is 12.4. The highest BCUT2D eigenvalue weighted by Crippen LogP contribution is 2.29. The third-order valence-electron chi connectivity index (χ3n) is 4.16. The fourth-order valence-corrected chi connectivity index (χ4v) is 3.78. The number of ether oxygens (including phenoxy) is 2. The lowest BCUT2D eigenvalue weighted by Gasteiger charge is -2.12. The van der Waals surface area contributed by atoms with Crippen molar-refractivity contribution in [1.29, 1.82) is 0 Å². The molecule has 26 heavy (non-hydrogen) atoms. The summed E-state index contributed by atoms with van der Waals surface area (Å²) in [7, 11) is -0.403. The van der Waals surface area contributed by atoms with Crippen LogP contribution in [0.15, 0.2) is 47.4 Å². The van der Waals surface area contributed by atoms with Crippen molar-refractivity contribution < 1.29 is 22.7 Å². The molecule has 1 aliphatic heterocycles. The van der Waals surface area contributed by atoms with Gasteiger partial charge in [-0.25, -0.2) is 13.1 Å². The number of nitrogens with one attached hydrogen (secondary N) is 1. The average molecular weight is 376 g/mol. The molecule has 1 N–H and O–H groups in total. The van der Waals surface area contributed by atoms with Gasteiger partial charge in [-0.2, -0.15) is 0 Å². The van der Waals surface area contributed by atoms with E-state index in [-0.39, 0.29) is 30.4 Å². The molecule has 138 valence electrons. The van der Waals surface area contributed by atoms with Crippen molar-refractivity contribution in [3.63, 3.8) is 0 Å². The van der Waals surface area contributed by atoms with Crippen LogP contribution in [0.2, 0.25) is 0 Å². The van der Waals surface area contributed by atoms with E-state index in [1.807, 2.05) is 0 Å². The molecule has 0 bridgehead atoms. The minimum atomic E-state index is -3.66. The monoisotopic (exact) mass is 376 g/mol. The molecule has 0 spiro atoms. The minimum Gasteiger partial charge on any atom is -0.497 e. The van der Waals surface area contributed by atoms with Crippen LogP contribution in [0.3, 0.4) is 0 Å². The standard InChI is InChI=1S/C18H20N2O5S/c1-20-17-8-7-16(11-13(17)12-18(20)21)26(22,23)19-9-10-25-15-5-3-14(24-2)4-6-15/h3-8,11,19H,9-10,12H2,1-2H3. The molecule has 0 saturated heterocycles. The smallest absolute Gasteiger partial charge is 0.240 e. The molecule has 1 heterocycles. The highest BCUT2D eigenvalue weighted by atomic mass is 32.2. The van der Waals surface area contributed by atoms with E-state index in [0.717, 1.165) is 17.0 Å². The minimum absolute atomic E-state index is 0.0459. The quantitative estimate of drug-likeness (QED) is 0.742. The molecular weight excluding hydrogens is 356 g/mol. The number of likely N-dealkylation sites (N-methyl/N-ethyl adjacent to an activating group) is 1. The first kappa shape index (κ1) is 18.2. The molecule has 0 aromatic heterocycles. The second-order valence-corrected chi connectivity index (χ2v) is 7.61. The Morgan fingerprint density at radius 1 is 1.12 bits per heavy atom. The Balaban J connectivity index is 1.57. The average Bonchev–Trinajstić information content (AvgIpc) is 2.93. The van der Waals surface area contributed by atoms with E-state index in [0.29, 0.717) is 5.75 Å². The number of sulfonamides is 1. The number of hydrogen-bond acceptors (Lipinski definition) is 5. The van der Waals surface area contributed by atoms with Crippen molar-refractivity contribution in [2.45, 2.75) is 11.3 Å². The normalized spacial score (nSPS) is 13.6. The van der Waals surface area contributed by atoms with Crippen molar-refractivity contribution in [2.75, 3.05) is 32.2 Å². The van der Waals surface area contributed by atoms with E-state index < -0.39 is 10.0 Å². The van der Waals surface area contributed by atoms with E-state index in [1.54, 1.807) is 50.6 Å². The molecule has 0 radical (unpaired) electrons. The summed E-state index contributed by atoms with van der Waals surface area (Å²) in [5.41, 5.74) is 1.46. The van der Waals surface area contributed by atoms with Gasteiger partial charge in [0.1, 0.15) is 18.1 Å². The van der Waals surface area contributed by atoms with E-state index in [9.17, 15) is 13.2 Å². The van der Waals surface area contributed by atoms with Gasteiger partial charge in [-0.3, -0.25) is 4.79 Å². The Morgan fingerprint density at radius 2 is 1.81 bits per heavy atom. The summed E-state index contributed by atoms with van der Waals surface area (Å²) >= 11 is 0. The lowest BCUT2D eigenvalue weighted by molar-refractivity contribution is -0.117. The zero-order valence-corrected chi connectivity index (χ0v) is 15.4. The van der Waals surface area contributed by atoms with Gasteiger partial charge in [0.15, 0.2) is 0 Å². The molecule has 1 amide bonds. The third-order valence-corrected chi connectivity index (χ3v) is 5.62. The first-order valence-electron chi connectivity index (χ1n) is 8.07. The number of carbonyl (C=O) groups excluding carboxylic acids is 1. The molecule has 2 aromatic rings. The van der Waals surface area contributed by atoms with Crippen molar-refractivity contribution in [3.05, 3.63) is 48.0 Å². The Hall–Kier alpha value is -2.58. The van der Waals surface area contributed by atoms with Crippen LogP contribution >= 0.6 is 0 Å². The lowest BCUT2D eigenvalue weighted by atomic mass is 10.2. The van der Waals surface area contributed by atoms with Gasteiger partial charge in [0.25, 0.3) is 0 Å². The number of nitrogens with zero attached hydrogens (tertiary/aromatic N) is 1. The number of fused-ring (bicyclic) bond motifs is 1. The summed E-state index contributed by atoms with van der Waals surface area (Å²) in [5.74, 6) is 1.30. The maximum Gasteiger partial charge on any atom is 0.240 e. The molecule has 0 fully saturated rings. The molecular formula is C18H20N2O5S. The van der Waals surface area contributed by atoms with Crippen molar-refractivity contribution in [1.82, 2.24) is 4.72 Å². The van der Waals surface area contributed by atoms with Crippen LogP contribution in [0.25, 0.3) is 0 Å². The van der Waals surface area contributed by atoms with Gasteiger partial charge < -0.3 is 14.4 Å². The van der Waals surface area contributed by atoms with Gasteiger partial charge in [0.05, 0.1) is 18.4 Å². The summed E-state index contributed by atoms with van der Waals surface area (Å²) in [4.78, 5) is 13.4. The predicted octanol–water partition coefficient (Wildman–Crippen LogP) is 1.57. The highest BCUT2D eigenvalue weighted by molar-refractivity contribution is 7.89. The van der Waals surface area contributed by atoms with Gasteiger partial charge in [-0.15, -0.1) is 0 Å². The highest BCUT2D eigenvalue weighted by Gasteiger charge is 2.26. The lowest BCUT2D eigenvalue weighted by Crippen LogP contribution is -2.28. The largest absolute Gasteiger partial charge is 0.497 e. The molecule has 0 aliphatic carbocycles. The molecule has 8 heteroatoms. The Morgan fingerprint density at radius 3 is 2.50 bits per heavy atom. The van der Waals surface area contributed by atoms with Gasteiger partial charge in [0.2, 0.25) is 15.9 Å². The van der Waals surface area contributed by atoms with E-state index in [2.05, 4.69) is 4.72 Å². The van der Waals surface area contributed by atoms with E-state index >= 15 is 0 Å². The first-order chi connectivity index (χ1) is 12.4. The zero-order valence-electron chi connectivity index (χ0n) is 14.6. The zero-order chi connectivity index (χ0) is 18.7. The number of rotatable bonds is 7. The van der Waals surface area contributed by atoms with Crippen LogP contribution < -0.4 is 19.1 Å². The molecule has 3 rings (SSSR count). The molecule has 0 atom stereocenters. The Bertz CT molecular complexity index is 910. The van der Waals surface area contributed by atoms with E-state index in [4.69, 9.17) is 9.47 Å². The second kappa shape index (κ2) is 7.35. The fourth-order valence-electron chi connectivity index (χ4n) is 2.71. The molecule has 2 aromatic carbocycles. The summed E-state index contributed by atoms with van der Waals surface area (Å²) in [6, 6.07) is 11.7. The molecule has 1 aliphatic rings. The maximum atomic E-state index is 12.4. The number of carbonyl (C=O) groups is 1. The molecule has 7 nitrogen and oxygen atoms in total. The predicted molar refractivity (Wildman–Crippen MR) is 97.2 cm³/mol. The van der Waals surface area contributed by atoms with Gasteiger partial charge >= 0.3 is 0 Å². The summed E-state index contributed by atoms with van der Waals surface area (Å²) in [6.07, 6.45) is 0.218. The van der Waals surface area contributed by atoms with Crippen LogP contribution in [-0.2, 0) is 21.2 Å². The first-order valence-corrected chi connectivity index (χ1v) is 9.55. The number of methoxy groups -OCH3 is 1. The number of amides is 1. The molecule has 0 saturated carbocycles. The van der Waals surface area contributed by atoms with Crippen LogP contribution in [-0.4, -0.2) is 41.6 Å². The van der Waals surface area contributed by atoms with Crippen LogP contribution in [0.5, 0.6) is 11.5 Å². The van der Waals surface area contributed by atoms with E-state index in [1.165, 1.54) is 11.0 Å². The van der Waals surface area contributed by atoms with Crippen LogP contribution in [0.1, 0.15) is 5.56 Å². The van der Waals surface area contributed by atoms with Crippen molar-refractivity contribution in [2.24, 2.45) is 0 Å². The summed E-state index contributed by atoms with van der Waals surface area (Å²) in [6.45, 7) is 0.321. The SMILES string of the molecule is COc1ccc(OCCNS(=O)(=O)c2ccc3c(c2)CC(=O)N3C)cc1. The van der Waals surface area contributed by atoms with Gasteiger partial charge in [0, 0.05) is 19.3 Å². The topological polar surface area (TPSA) is 84.9 Å². The van der Waals surface area contributed by atoms with Gasteiger partial charge in [-0.05, 0) is 48.0 Å². The Labute approximate surface area is 152 Å². The number of benzene rings is 2. The summed E-state index contributed by atoms with van der Waals surface area (Å²) < 4.78 is 37.9. The van der Waals surface area contributed by atoms with Crippen LogP contribution in [0, 0.1) is 0 Å². The Kier molecular flexibility index (Phi) is 5.15.